The maximum Gasteiger partial charge on any atom is 0.407 e. The SMILES string of the molecule is CN(C)CCCCNC1C(F)CC2C(=O)C(C(=O)N3CC[C@H](NC(=O)OC(C)(C)C)C3)=CN3C4CC5C(CC4OC1C23)C(=O)C1CCCCC15. The number of ketones is 2. The molecule has 11 nitrogen and oxygen atoms in total. The number of halogens is 1. The van der Waals surface area contributed by atoms with Gasteiger partial charge in [-0.3, -0.25) is 14.4 Å². The van der Waals surface area contributed by atoms with Crippen molar-refractivity contribution in [3.8, 4) is 0 Å². The number of hydrogen-bond donors (Lipinski definition) is 2. The lowest BCUT2D eigenvalue weighted by Crippen LogP contribution is -2.73. The van der Waals surface area contributed by atoms with Crippen LogP contribution < -0.4 is 10.6 Å². The molecule has 7 rings (SSSR count). The average molecular weight is 700 g/mol. The molecule has 50 heavy (non-hydrogen) atoms. The Hall–Kier alpha value is -2.57. The Kier molecular flexibility index (Phi) is 10.1. The zero-order chi connectivity index (χ0) is 35.5. The Balaban J connectivity index is 1.14. The van der Waals surface area contributed by atoms with Crippen molar-refractivity contribution in [2.45, 2.75) is 133 Å². The standard InChI is InChI=1S/C38H58FN5O6/c1-38(2,3)50-37(48)41-21-12-15-43(19-21)36(47)27-20-44-29-17-24-22-10-6-7-11-23(22)33(45)25(24)18-30(29)49-35-31(40-13-8-9-14-42(4)5)28(39)16-26(32(35)44)34(27)46/h20-26,28-32,35,40H,6-19H2,1-5H3,(H,41,48)/t21-,22?,23?,24?,25?,26?,28?,29?,30?,31?,32?,35?/m0/s1. The highest BCUT2D eigenvalue weighted by molar-refractivity contribution is 6.20. The number of carbonyl (C=O) groups is 4. The zero-order valence-corrected chi connectivity index (χ0v) is 30.6. The minimum Gasteiger partial charge on any atom is -0.444 e. The molecule has 4 aliphatic carbocycles. The summed E-state index contributed by atoms with van der Waals surface area (Å²) < 4.78 is 28.6. The smallest absolute Gasteiger partial charge is 0.407 e. The van der Waals surface area contributed by atoms with Crippen LogP contribution in [0.25, 0.3) is 0 Å². The minimum atomic E-state index is -1.31. The number of unbranched alkanes of at least 4 members (excludes halogenated alkanes) is 1. The summed E-state index contributed by atoms with van der Waals surface area (Å²) in [5.74, 6) is -0.207. The van der Waals surface area contributed by atoms with Crippen molar-refractivity contribution in [1.82, 2.24) is 25.3 Å². The average Bonchev–Trinajstić information content (AvgIpc) is 3.63. The number of carbonyl (C=O) groups excluding carboxylic acids is 4. The minimum absolute atomic E-state index is 0.0329. The first kappa shape index (κ1) is 35.8. The second-order valence-corrected chi connectivity index (χ2v) is 17.5. The van der Waals surface area contributed by atoms with Gasteiger partial charge in [0.1, 0.15) is 17.6 Å². The highest BCUT2D eigenvalue weighted by Crippen LogP contribution is 2.56. The Morgan fingerprint density at radius 2 is 1.80 bits per heavy atom. The fraction of sp³-hybridized carbons (Fsp3) is 0.842. The van der Waals surface area contributed by atoms with Crippen LogP contribution in [0.3, 0.4) is 0 Å². The van der Waals surface area contributed by atoms with E-state index in [2.05, 4.69) is 20.4 Å². The highest BCUT2D eigenvalue weighted by Gasteiger charge is 2.62. The van der Waals surface area contributed by atoms with Gasteiger partial charge in [0.2, 0.25) is 0 Å². The van der Waals surface area contributed by atoms with Crippen LogP contribution in [0, 0.1) is 29.6 Å². The fourth-order valence-corrected chi connectivity index (χ4v) is 10.7. The van der Waals surface area contributed by atoms with E-state index in [9.17, 15) is 19.2 Å². The molecule has 12 heteroatoms. The number of morpholine rings is 1. The molecule has 0 spiro atoms. The van der Waals surface area contributed by atoms with E-state index in [4.69, 9.17) is 9.47 Å². The first-order valence-electron chi connectivity index (χ1n) is 19.3. The molecule has 12 atom stereocenters. The van der Waals surface area contributed by atoms with Gasteiger partial charge < -0.3 is 34.8 Å². The van der Waals surface area contributed by atoms with E-state index in [0.717, 1.165) is 51.5 Å². The van der Waals surface area contributed by atoms with Crippen molar-refractivity contribution < 1.29 is 33.0 Å². The zero-order valence-electron chi connectivity index (χ0n) is 30.6. The van der Waals surface area contributed by atoms with Gasteiger partial charge in [-0.1, -0.05) is 12.8 Å². The van der Waals surface area contributed by atoms with Gasteiger partial charge in [-0.25, -0.2) is 9.18 Å². The monoisotopic (exact) mass is 699 g/mol. The van der Waals surface area contributed by atoms with Gasteiger partial charge in [-0.15, -0.1) is 0 Å². The van der Waals surface area contributed by atoms with Gasteiger partial charge in [-0.2, -0.15) is 0 Å². The molecule has 3 aliphatic heterocycles. The molecule has 3 heterocycles. The normalized spacial score (nSPS) is 39.4. The molecule has 0 radical (unpaired) electrons. The van der Waals surface area contributed by atoms with E-state index < -0.39 is 35.9 Å². The predicted octanol–water partition coefficient (Wildman–Crippen LogP) is 3.46. The molecule has 2 amide bonds. The van der Waals surface area contributed by atoms with Crippen molar-refractivity contribution in [2.24, 2.45) is 29.6 Å². The van der Waals surface area contributed by atoms with Crippen LogP contribution in [-0.4, -0.2) is 127 Å². The lowest BCUT2D eigenvalue weighted by atomic mass is 9.66. The molecule has 0 bridgehead atoms. The summed E-state index contributed by atoms with van der Waals surface area (Å²) in [6.45, 7) is 7.68. The summed E-state index contributed by atoms with van der Waals surface area (Å²) in [5, 5.41) is 6.36. The molecule has 278 valence electrons. The number of alkyl halides is 1. The van der Waals surface area contributed by atoms with E-state index in [1.807, 2.05) is 14.1 Å². The summed E-state index contributed by atoms with van der Waals surface area (Å²) in [4.78, 5) is 60.6. The Morgan fingerprint density at radius 3 is 2.56 bits per heavy atom. The van der Waals surface area contributed by atoms with Crippen LogP contribution in [0.1, 0.15) is 85.0 Å². The lowest BCUT2D eigenvalue weighted by molar-refractivity contribution is -0.206. The van der Waals surface area contributed by atoms with E-state index in [-0.39, 0.29) is 72.2 Å². The number of Topliss-reactive ketones (excluding diaryl/α,β-unsaturated/α-hetero) is 2. The number of alkyl carbamates (subject to hydrolysis) is 1. The molecular formula is C38H58FN5O6. The number of nitrogens with zero attached hydrogens (tertiary/aromatic N) is 3. The Bertz CT molecular complexity index is 1370. The number of ether oxygens (including phenoxy) is 2. The largest absolute Gasteiger partial charge is 0.444 e. The molecule has 0 aromatic rings. The van der Waals surface area contributed by atoms with E-state index in [1.165, 1.54) is 0 Å². The van der Waals surface area contributed by atoms with Crippen molar-refractivity contribution in [3.05, 3.63) is 11.8 Å². The molecule has 2 saturated heterocycles. The van der Waals surface area contributed by atoms with E-state index in [1.54, 1.807) is 31.9 Å². The Morgan fingerprint density at radius 1 is 1.02 bits per heavy atom. The first-order chi connectivity index (χ1) is 23.8. The van der Waals surface area contributed by atoms with Gasteiger partial charge in [0.25, 0.3) is 5.91 Å². The van der Waals surface area contributed by atoms with Gasteiger partial charge >= 0.3 is 6.09 Å². The number of nitrogens with one attached hydrogen (secondary N) is 2. The molecule has 0 aromatic heterocycles. The Labute approximate surface area is 296 Å². The summed E-state index contributed by atoms with van der Waals surface area (Å²) in [5.41, 5.74) is -0.536. The van der Waals surface area contributed by atoms with Crippen LogP contribution in [-0.2, 0) is 23.9 Å². The maximum absolute atomic E-state index is 16.3. The fourth-order valence-electron chi connectivity index (χ4n) is 10.7. The second-order valence-electron chi connectivity index (χ2n) is 17.5. The van der Waals surface area contributed by atoms with Gasteiger partial charge in [0.15, 0.2) is 5.78 Å². The van der Waals surface area contributed by atoms with E-state index in [0.29, 0.717) is 37.6 Å². The van der Waals surface area contributed by atoms with Crippen LogP contribution in [0.5, 0.6) is 0 Å². The number of rotatable bonds is 8. The summed E-state index contributed by atoms with van der Waals surface area (Å²) in [6.07, 6.45) is 7.30. The van der Waals surface area contributed by atoms with Gasteiger partial charge in [0.05, 0.1) is 41.9 Å². The molecule has 7 aliphatic rings. The number of hydrogen-bond acceptors (Lipinski definition) is 9. The second kappa shape index (κ2) is 14.1. The number of fused-ring (bicyclic) bond motifs is 5. The molecule has 0 aromatic carbocycles. The van der Waals surface area contributed by atoms with Crippen molar-refractivity contribution in [1.29, 1.82) is 0 Å². The maximum atomic E-state index is 16.3. The molecular weight excluding hydrogens is 641 g/mol. The highest BCUT2D eigenvalue weighted by atomic mass is 19.1. The lowest BCUT2D eigenvalue weighted by Gasteiger charge is -2.60. The third-order valence-electron chi connectivity index (χ3n) is 12.8. The summed E-state index contributed by atoms with van der Waals surface area (Å²) in [7, 11) is 4.09. The van der Waals surface area contributed by atoms with E-state index >= 15 is 4.39 Å². The first-order valence-corrected chi connectivity index (χ1v) is 19.3. The molecule has 2 N–H and O–H groups in total. The third-order valence-corrected chi connectivity index (χ3v) is 12.8. The predicted molar refractivity (Wildman–Crippen MR) is 185 cm³/mol. The summed E-state index contributed by atoms with van der Waals surface area (Å²) >= 11 is 0. The van der Waals surface area contributed by atoms with Crippen molar-refractivity contribution in [3.63, 3.8) is 0 Å². The van der Waals surface area contributed by atoms with Gasteiger partial charge in [-0.05, 0) is 111 Å². The van der Waals surface area contributed by atoms with Crippen molar-refractivity contribution >= 4 is 23.6 Å². The van der Waals surface area contributed by atoms with Crippen LogP contribution in [0.2, 0.25) is 0 Å². The topological polar surface area (TPSA) is 121 Å². The van der Waals surface area contributed by atoms with Crippen molar-refractivity contribution in [2.75, 3.05) is 40.3 Å². The van der Waals surface area contributed by atoms with Gasteiger partial charge in [0, 0.05) is 37.0 Å². The molecule has 4 saturated carbocycles. The van der Waals surface area contributed by atoms with Crippen LogP contribution in [0.4, 0.5) is 9.18 Å². The number of amides is 2. The van der Waals surface area contributed by atoms with Crippen LogP contribution in [0.15, 0.2) is 11.8 Å². The quantitative estimate of drug-likeness (QED) is 0.290. The third kappa shape index (κ3) is 6.85. The number of likely N-dealkylation sites (tertiary alicyclic amines) is 1. The summed E-state index contributed by atoms with van der Waals surface area (Å²) in [6, 6.07) is -1.31. The molecule has 11 unspecified atom stereocenters. The molecule has 6 fully saturated rings. The van der Waals surface area contributed by atoms with Crippen LogP contribution >= 0.6 is 0 Å².